The first kappa shape index (κ1) is 16.1. The fourth-order valence-corrected chi connectivity index (χ4v) is 3.72. The van der Waals surface area contributed by atoms with Gasteiger partial charge in [0.15, 0.2) is 0 Å². The highest BCUT2D eigenvalue weighted by molar-refractivity contribution is 7.99. The molecule has 0 saturated heterocycles. The van der Waals surface area contributed by atoms with Crippen LogP contribution in [0.1, 0.15) is 16.4 Å². The molecule has 2 heterocycles. The van der Waals surface area contributed by atoms with Gasteiger partial charge in [0.05, 0.1) is 5.25 Å². The second kappa shape index (κ2) is 7.16. The average molecular weight is 323 g/mol. The second-order valence-electron chi connectivity index (χ2n) is 5.09. The number of rotatable bonds is 4. The van der Waals surface area contributed by atoms with E-state index >= 15 is 0 Å². The van der Waals surface area contributed by atoms with E-state index in [0.29, 0.717) is 5.25 Å². The number of aromatic nitrogens is 1. The monoisotopic (exact) mass is 322 g/mol. The summed E-state index contributed by atoms with van der Waals surface area (Å²) >= 11 is 1.95. The molecule has 1 aliphatic rings. The van der Waals surface area contributed by atoms with Crippen LogP contribution in [-0.2, 0) is 0 Å². The third-order valence-corrected chi connectivity index (χ3v) is 4.57. The first-order valence-electron chi connectivity index (χ1n) is 6.74. The number of pyridine rings is 1. The van der Waals surface area contributed by atoms with Crippen LogP contribution in [0.15, 0.2) is 42.6 Å². The molecule has 1 aromatic carbocycles. The molecule has 1 unspecified atom stereocenters. The van der Waals surface area contributed by atoms with Gasteiger partial charge in [0.2, 0.25) is 5.88 Å². The maximum Gasteiger partial charge on any atom is 0.223 e. The number of para-hydroxylation sites is 1. The SMILES string of the molecule is CN(C)CCSC1c2ccccc2Oc2ncccc21.Cl. The number of nitrogens with zero attached hydrogens (tertiary/aromatic N) is 2. The number of hydrogen-bond donors (Lipinski definition) is 0. The Morgan fingerprint density at radius 3 is 2.71 bits per heavy atom. The molecule has 2 aromatic rings. The van der Waals surface area contributed by atoms with Gasteiger partial charge in [-0.25, -0.2) is 4.98 Å². The largest absolute Gasteiger partial charge is 0.438 e. The van der Waals surface area contributed by atoms with Crippen molar-refractivity contribution in [1.82, 2.24) is 9.88 Å². The molecule has 0 spiro atoms. The van der Waals surface area contributed by atoms with E-state index in [1.165, 1.54) is 11.1 Å². The van der Waals surface area contributed by atoms with Gasteiger partial charge in [0, 0.05) is 29.6 Å². The number of ether oxygens (including phenoxy) is 1. The molecule has 0 bridgehead atoms. The van der Waals surface area contributed by atoms with Crippen molar-refractivity contribution in [2.75, 3.05) is 26.4 Å². The van der Waals surface area contributed by atoms with E-state index in [0.717, 1.165) is 23.9 Å². The van der Waals surface area contributed by atoms with E-state index in [1.54, 1.807) is 6.20 Å². The minimum absolute atomic E-state index is 0. The van der Waals surface area contributed by atoms with Gasteiger partial charge in [-0.1, -0.05) is 24.3 Å². The molecule has 1 aliphatic heterocycles. The smallest absolute Gasteiger partial charge is 0.223 e. The average Bonchev–Trinajstić information content (AvgIpc) is 2.46. The third-order valence-electron chi connectivity index (χ3n) is 3.31. The molecular weight excluding hydrogens is 304 g/mol. The summed E-state index contributed by atoms with van der Waals surface area (Å²) < 4.78 is 5.90. The Labute approximate surface area is 136 Å². The zero-order valence-electron chi connectivity index (χ0n) is 12.2. The van der Waals surface area contributed by atoms with Crippen molar-refractivity contribution in [1.29, 1.82) is 0 Å². The minimum atomic E-state index is 0. The highest BCUT2D eigenvalue weighted by Gasteiger charge is 2.27. The molecule has 0 fully saturated rings. The highest BCUT2D eigenvalue weighted by Crippen LogP contribution is 2.48. The predicted molar refractivity (Wildman–Crippen MR) is 90.9 cm³/mol. The molecule has 0 radical (unpaired) electrons. The van der Waals surface area contributed by atoms with Gasteiger partial charge in [-0.2, -0.15) is 0 Å². The van der Waals surface area contributed by atoms with Crippen LogP contribution in [0.3, 0.4) is 0 Å². The first-order chi connectivity index (χ1) is 9.75. The van der Waals surface area contributed by atoms with Gasteiger partial charge in [-0.3, -0.25) is 0 Å². The number of benzene rings is 1. The summed E-state index contributed by atoms with van der Waals surface area (Å²) in [5, 5.41) is 0.309. The van der Waals surface area contributed by atoms with Crippen LogP contribution < -0.4 is 4.74 Å². The Kier molecular flexibility index (Phi) is 5.51. The van der Waals surface area contributed by atoms with Crippen LogP contribution in [0.5, 0.6) is 11.6 Å². The quantitative estimate of drug-likeness (QED) is 0.849. The van der Waals surface area contributed by atoms with E-state index in [4.69, 9.17) is 4.74 Å². The number of hydrogen-bond acceptors (Lipinski definition) is 4. The lowest BCUT2D eigenvalue weighted by Crippen LogP contribution is -2.16. The standard InChI is InChI=1S/C16H18N2OS.ClH/c1-18(2)10-11-20-15-12-6-3-4-8-14(12)19-16-13(15)7-5-9-17-16;/h3-9,15H,10-11H2,1-2H3;1H. The molecule has 112 valence electrons. The fraction of sp³-hybridized carbons (Fsp3) is 0.312. The van der Waals surface area contributed by atoms with Crippen LogP contribution in [0.2, 0.25) is 0 Å². The Morgan fingerprint density at radius 1 is 1.14 bits per heavy atom. The van der Waals surface area contributed by atoms with E-state index in [-0.39, 0.29) is 12.4 Å². The molecule has 5 heteroatoms. The van der Waals surface area contributed by atoms with Crippen molar-refractivity contribution in [3.63, 3.8) is 0 Å². The fourth-order valence-electron chi connectivity index (χ4n) is 2.28. The first-order valence-corrected chi connectivity index (χ1v) is 7.78. The normalized spacial score (nSPS) is 15.7. The van der Waals surface area contributed by atoms with Gasteiger partial charge in [0.25, 0.3) is 0 Å². The maximum absolute atomic E-state index is 5.90. The predicted octanol–water partition coefficient (Wildman–Crippen LogP) is 3.99. The van der Waals surface area contributed by atoms with Crippen molar-refractivity contribution in [3.8, 4) is 11.6 Å². The topological polar surface area (TPSA) is 25.4 Å². The zero-order valence-corrected chi connectivity index (χ0v) is 13.8. The molecule has 3 nitrogen and oxygen atoms in total. The van der Waals surface area contributed by atoms with Crippen molar-refractivity contribution in [3.05, 3.63) is 53.7 Å². The molecule has 3 rings (SSSR count). The second-order valence-corrected chi connectivity index (χ2v) is 6.30. The summed E-state index contributed by atoms with van der Waals surface area (Å²) in [6.45, 7) is 1.07. The summed E-state index contributed by atoms with van der Waals surface area (Å²) in [7, 11) is 4.21. The molecule has 1 atom stereocenters. The van der Waals surface area contributed by atoms with Crippen molar-refractivity contribution < 1.29 is 4.74 Å². The molecule has 0 N–H and O–H groups in total. The number of thioether (sulfide) groups is 1. The summed E-state index contributed by atoms with van der Waals surface area (Å²) in [5.74, 6) is 2.76. The molecular formula is C16H19ClN2OS. The summed E-state index contributed by atoms with van der Waals surface area (Å²) in [6, 6.07) is 12.4. The lowest BCUT2D eigenvalue weighted by Gasteiger charge is -2.27. The highest BCUT2D eigenvalue weighted by atomic mass is 35.5. The molecule has 0 aliphatic carbocycles. The van der Waals surface area contributed by atoms with Crippen LogP contribution in [0.4, 0.5) is 0 Å². The molecule has 21 heavy (non-hydrogen) atoms. The van der Waals surface area contributed by atoms with Crippen LogP contribution >= 0.6 is 24.2 Å². The van der Waals surface area contributed by atoms with Gasteiger partial charge >= 0.3 is 0 Å². The van der Waals surface area contributed by atoms with E-state index < -0.39 is 0 Å². The Hall–Kier alpha value is -1.23. The summed E-state index contributed by atoms with van der Waals surface area (Å²) in [6.07, 6.45) is 1.79. The summed E-state index contributed by atoms with van der Waals surface area (Å²) in [5.41, 5.74) is 2.42. The molecule has 0 saturated carbocycles. The summed E-state index contributed by atoms with van der Waals surface area (Å²) in [4.78, 5) is 6.58. The van der Waals surface area contributed by atoms with Crippen LogP contribution in [-0.4, -0.2) is 36.3 Å². The van der Waals surface area contributed by atoms with Gasteiger partial charge in [-0.05, 0) is 26.2 Å². The molecule has 1 aromatic heterocycles. The Bertz CT molecular complexity index is 561. The van der Waals surface area contributed by atoms with Crippen molar-refractivity contribution >= 4 is 24.2 Å². The third kappa shape index (κ3) is 3.51. The lowest BCUT2D eigenvalue weighted by molar-refractivity contribution is 0.434. The zero-order chi connectivity index (χ0) is 13.9. The lowest BCUT2D eigenvalue weighted by atomic mass is 10.0. The number of halogens is 1. The van der Waals surface area contributed by atoms with Crippen LogP contribution in [0, 0.1) is 0 Å². The van der Waals surface area contributed by atoms with E-state index in [9.17, 15) is 0 Å². The van der Waals surface area contributed by atoms with Crippen molar-refractivity contribution in [2.45, 2.75) is 5.25 Å². The van der Waals surface area contributed by atoms with Crippen molar-refractivity contribution in [2.24, 2.45) is 0 Å². The Balaban J connectivity index is 0.00000161. The van der Waals surface area contributed by atoms with Gasteiger partial charge in [0.1, 0.15) is 5.75 Å². The van der Waals surface area contributed by atoms with Gasteiger partial charge in [-0.15, -0.1) is 24.2 Å². The number of fused-ring (bicyclic) bond motifs is 2. The van der Waals surface area contributed by atoms with Gasteiger partial charge < -0.3 is 9.64 Å². The molecule has 0 amide bonds. The van der Waals surface area contributed by atoms with E-state index in [1.807, 2.05) is 30.0 Å². The maximum atomic E-state index is 5.90. The minimum Gasteiger partial charge on any atom is -0.438 e. The van der Waals surface area contributed by atoms with Crippen LogP contribution in [0.25, 0.3) is 0 Å². The Morgan fingerprint density at radius 2 is 1.90 bits per heavy atom. The van der Waals surface area contributed by atoms with E-state index in [2.05, 4.69) is 42.2 Å².